The maximum atomic E-state index is 11.7. The van der Waals surface area contributed by atoms with Gasteiger partial charge in [0.1, 0.15) is 5.75 Å². The molecule has 0 radical (unpaired) electrons. The number of ether oxygens (including phenoxy) is 1. The lowest BCUT2D eigenvalue weighted by Gasteiger charge is -2.19. The molecule has 0 saturated heterocycles. The molecule has 3 aromatic rings. The number of nitrogens with one attached hydrogen (secondary N) is 2. The van der Waals surface area contributed by atoms with E-state index in [0.717, 1.165) is 24.9 Å². The Morgan fingerprint density at radius 3 is 1.94 bits per heavy atom. The summed E-state index contributed by atoms with van der Waals surface area (Å²) in [5.41, 5.74) is 2.61. The number of aromatic carboxylic acids is 1. The minimum atomic E-state index is -0.974. The summed E-state index contributed by atoms with van der Waals surface area (Å²) in [4.78, 5) is 11.7. The standard InChI is InChI=1S/C24H26N2O3.2C2H6/c1-2-3-14-25-21-15-19(24(27)28)16-22(26-17-18-10-6-4-7-11-18)23(21)29-20-12-8-5-9-13-20;2*1-2/h4-13,15-16,25-26H,2-3,14,17H2,1H3,(H,27,28);2*1-2H3. The molecule has 0 aliphatic carbocycles. The fourth-order valence-corrected chi connectivity index (χ4v) is 2.92. The quantitative estimate of drug-likeness (QED) is 0.273. The average Bonchev–Trinajstić information content (AvgIpc) is 2.87. The van der Waals surface area contributed by atoms with Gasteiger partial charge in [-0.05, 0) is 36.2 Å². The Bertz CT molecular complexity index is 929. The van der Waals surface area contributed by atoms with Gasteiger partial charge in [-0.1, -0.05) is 89.6 Å². The van der Waals surface area contributed by atoms with Crippen molar-refractivity contribution in [3.8, 4) is 11.5 Å². The van der Waals surface area contributed by atoms with Crippen LogP contribution in [0.15, 0.2) is 72.8 Å². The number of hydrogen-bond acceptors (Lipinski definition) is 4. The largest absolute Gasteiger partial charge is 0.478 e. The van der Waals surface area contributed by atoms with Gasteiger partial charge < -0.3 is 20.5 Å². The molecular formula is C28H38N2O3. The lowest BCUT2D eigenvalue weighted by Crippen LogP contribution is -2.09. The molecule has 3 aromatic carbocycles. The molecule has 0 spiro atoms. The number of carbonyl (C=O) groups is 1. The molecule has 0 amide bonds. The minimum absolute atomic E-state index is 0.208. The van der Waals surface area contributed by atoms with E-state index in [0.29, 0.717) is 29.4 Å². The van der Waals surface area contributed by atoms with Crippen LogP contribution in [0.2, 0.25) is 0 Å². The third-order valence-corrected chi connectivity index (χ3v) is 4.47. The molecule has 0 aliphatic heterocycles. The number of benzene rings is 3. The van der Waals surface area contributed by atoms with E-state index in [1.165, 1.54) is 0 Å². The summed E-state index contributed by atoms with van der Waals surface area (Å²) in [6.45, 7) is 11.4. The number of carboxylic acid groups (broad SMARTS) is 1. The van der Waals surface area contributed by atoms with Gasteiger partial charge in [0.15, 0.2) is 5.75 Å². The van der Waals surface area contributed by atoms with E-state index < -0.39 is 5.97 Å². The van der Waals surface area contributed by atoms with Crippen molar-refractivity contribution >= 4 is 17.3 Å². The van der Waals surface area contributed by atoms with E-state index in [9.17, 15) is 9.90 Å². The van der Waals surface area contributed by atoms with Crippen molar-refractivity contribution in [3.05, 3.63) is 83.9 Å². The zero-order valence-electron chi connectivity index (χ0n) is 20.5. The van der Waals surface area contributed by atoms with E-state index >= 15 is 0 Å². The van der Waals surface area contributed by atoms with Gasteiger partial charge in [0.2, 0.25) is 0 Å². The van der Waals surface area contributed by atoms with Gasteiger partial charge >= 0.3 is 5.97 Å². The molecular weight excluding hydrogens is 412 g/mol. The van der Waals surface area contributed by atoms with Crippen molar-refractivity contribution in [1.29, 1.82) is 0 Å². The Hall–Kier alpha value is -3.47. The Morgan fingerprint density at radius 2 is 1.39 bits per heavy atom. The van der Waals surface area contributed by atoms with E-state index in [-0.39, 0.29) is 5.56 Å². The summed E-state index contributed by atoms with van der Waals surface area (Å²) in [7, 11) is 0. The van der Waals surface area contributed by atoms with Crippen LogP contribution in [0.25, 0.3) is 0 Å². The first kappa shape index (κ1) is 27.6. The Balaban J connectivity index is 0.00000129. The maximum absolute atomic E-state index is 11.7. The molecule has 0 bridgehead atoms. The lowest BCUT2D eigenvalue weighted by atomic mass is 10.1. The number of rotatable bonds is 10. The van der Waals surface area contributed by atoms with Crippen LogP contribution in [-0.4, -0.2) is 17.6 Å². The summed E-state index contributed by atoms with van der Waals surface area (Å²) in [6, 6.07) is 22.7. The van der Waals surface area contributed by atoms with Crippen molar-refractivity contribution in [1.82, 2.24) is 0 Å². The SMILES string of the molecule is CC.CC.CCCCNc1cc(C(=O)O)cc(NCc2ccccc2)c1Oc1ccccc1. The average molecular weight is 451 g/mol. The number of unbranched alkanes of at least 4 members (excludes halogenated alkanes) is 1. The van der Waals surface area contributed by atoms with Crippen LogP contribution in [0.1, 0.15) is 63.4 Å². The normalized spacial score (nSPS) is 9.48. The second-order valence-corrected chi connectivity index (χ2v) is 6.74. The molecule has 3 rings (SSSR count). The molecule has 0 saturated carbocycles. The van der Waals surface area contributed by atoms with Gasteiger partial charge in [-0.2, -0.15) is 0 Å². The van der Waals surface area contributed by atoms with Crippen molar-refractivity contribution in [2.75, 3.05) is 17.2 Å². The van der Waals surface area contributed by atoms with E-state index in [1.54, 1.807) is 12.1 Å². The zero-order chi connectivity index (χ0) is 24.5. The molecule has 178 valence electrons. The van der Waals surface area contributed by atoms with Crippen LogP contribution in [0.4, 0.5) is 11.4 Å². The first-order chi connectivity index (χ1) is 16.2. The Labute approximate surface area is 198 Å². The highest BCUT2D eigenvalue weighted by atomic mass is 16.5. The second-order valence-electron chi connectivity index (χ2n) is 6.74. The number of anilines is 2. The van der Waals surface area contributed by atoms with Crippen molar-refractivity contribution in [2.45, 2.75) is 54.0 Å². The third-order valence-electron chi connectivity index (χ3n) is 4.47. The van der Waals surface area contributed by atoms with Gasteiger partial charge in [0, 0.05) is 13.1 Å². The van der Waals surface area contributed by atoms with Gasteiger partial charge in [0.05, 0.1) is 16.9 Å². The third kappa shape index (κ3) is 9.27. The molecule has 0 fully saturated rings. The predicted octanol–water partition coefficient (Wildman–Crippen LogP) is 8.05. The molecule has 0 unspecified atom stereocenters. The summed E-state index contributed by atoms with van der Waals surface area (Å²) in [6.07, 6.45) is 2.02. The fourth-order valence-electron chi connectivity index (χ4n) is 2.92. The van der Waals surface area contributed by atoms with Crippen molar-refractivity contribution in [2.24, 2.45) is 0 Å². The summed E-state index contributed by atoms with van der Waals surface area (Å²) in [5, 5.41) is 16.3. The first-order valence-corrected chi connectivity index (χ1v) is 11.8. The topological polar surface area (TPSA) is 70.6 Å². The maximum Gasteiger partial charge on any atom is 0.335 e. The Morgan fingerprint density at radius 1 is 0.848 bits per heavy atom. The van der Waals surface area contributed by atoms with Crippen LogP contribution in [0, 0.1) is 0 Å². The molecule has 3 N–H and O–H groups in total. The van der Waals surface area contributed by atoms with Crippen LogP contribution in [0.5, 0.6) is 11.5 Å². The highest BCUT2D eigenvalue weighted by molar-refractivity contribution is 5.92. The molecule has 0 atom stereocenters. The number of hydrogen-bond donors (Lipinski definition) is 3. The Kier molecular flexibility index (Phi) is 13.5. The highest BCUT2D eigenvalue weighted by Gasteiger charge is 2.17. The molecule has 33 heavy (non-hydrogen) atoms. The summed E-state index contributed by atoms with van der Waals surface area (Å²) in [5.74, 6) is 0.308. The summed E-state index contributed by atoms with van der Waals surface area (Å²) < 4.78 is 6.18. The van der Waals surface area contributed by atoms with Crippen molar-refractivity contribution < 1.29 is 14.6 Å². The number of carboxylic acids is 1. The van der Waals surface area contributed by atoms with Gasteiger partial charge in [-0.25, -0.2) is 4.79 Å². The lowest BCUT2D eigenvalue weighted by molar-refractivity contribution is 0.0697. The van der Waals surface area contributed by atoms with Crippen molar-refractivity contribution in [3.63, 3.8) is 0 Å². The fraction of sp³-hybridized carbons (Fsp3) is 0.321. The van der Waals surface area contributed by atoms with Crippen LogP contribution < -0.4 is 15.4 Å². The zero-order valence-corrected chi connectivity index (χ0v) is 20.5. The van der Waals surface area contributed by atoms with Crippen LogP contribution >= 0.6 is 0 Å². The molecule has 0 aliphatic rings. The van der Waals surface area contributed by atoms with Crippen LogP contribution in [-0.2, 0) is 6.54 Å². The molecule has 0 heterocycles. The van der Waals surface area contributed by atoms with Gasteiger partial charge in [0.25, 0.3) is 0 Å². The predicted molar refractivity (Wildman–Crippen MR) is 140 cm³/mol. The molecule has 0 aromatic heterocycles. The molecule has 5 nitrogen and oxygen atoms in total. The summed E-state index contributed by atoms with van der Waals surface area (Å²) >= 11 is 0. The first-order valence-electron chi connectivity index (χ1n) is 11.8. The minimum Gasteiger partial charge on any atom is -0.478 e. The monoisotopic (exact) mass is 450 g/mol. The smallest absolute Gasteiger partial charge is 0.335 e. The second kappa shape index (κ2) is 16.2. The highest BCUT2D eigenvalue weighted by Crippen LogP contribution is 2.39. The van der Waals surface area contributed by atoms with Gasteiger partial charge in [-0.15, -0.1) is 0 Å². The van der Waals surface area contributed by atoms with E-state index in [4.69, 9.17) is 4.74 Å². The molecule has 5 heteroatoms. The van der Waals surface area contributed by atoms with Gasteiger partial charge in [-0.3, -0.25) is 0 Å². The van der Waals surface area contributed by atoms with Crippen LogP contribution in [0.3, 0.4) is 0 Å². The van der Waals surface area contributed by atoms with E-state index in [1.807, 2.05) is 88.4 Å². The van der Waals surface area contributed by atoms with E-state index in [2.05, 4.69) is 17.6 Å². The number of para-hydroxylation sites is 1.